The zero-order valence-electron chi connectivity index (χ0n) is 10.8. The third kappa shape index (κ3) is 4.40. The normalized spacial score (nSPS) is 11.5. The van der Waals surface area contributed by atoms with Crippen LogP contribution in [0.25, 0.3) is 0 Å². The van der Waals surface area contributed by atoms with Crippen molar-refractivity contribution in [1.82, 2.24) is 20.5 Å². The van der Waals surface area contributed by atoms with Crippen molar-refractivity contribution in [2.75, 3.05) is 20.6 Å². The Balaban J connectivity index is 2.39. The number of carbonyl (C=O) groups is 2. The molecule has 1 heterocycles. The number of amides is 3. The van der Waals surface area contributed by atoms with Crippen molar-refractivity contribution in [3.63, 3.8) is 0 Å². The smallest absolute Gasteiger partial charge is 0.317 e. The van der Waals surface area contributed by atoms with Crippen molar-refractivity contribution < 1.29 is 9.59 Å². The number of rotatable bonds is 4. The maximum absolute atomic E-state index is 11.6. The summed E-state index contributed by atoms with van der Waals surface area (Å²) in [5.74, 6) is -0.235. The van der Waals surface area contributed by atoms with Crippen molar-refractivity contribution in [3.8, 4) is 0 Å². The predicted octanol–water partition coefficient (Wildman–Crippen LogP) is 0.530. The zero-order chi connectivity index (χ0) is 13.5. The summed E-state index contributed by atoms with van der Waals surface area (Å²) in [5, 5.41) is 5.28. The van der Waals surface area contributed by atoms with Gasteiger partial charge in [0.15, 0.2) is 0 Å². The van der Waals surface area contributed by atoms with E-state index in [1.165, 1.54) is 4.90 Å². The molecule has 0 aromatic carbocycles. The second kappa shape index (κ2) is 6.58. The highest BCUT2D eigenvalue weighted by Crippen LogP contribution is 2.08. The maximum atomic E-state index is 11.6. The Bertz CT molecular complexity index is 406. The van der Waals surface area contributed by atoms with Crippen LogP contribution in [0.4, 0.5) is 4.79 Å². The number of pyridine rings is 1. The number of aromatic nitrogens is 1. The minimum Gasteiger partial charge on any atom is -0.348 e. The second-order valence-electron chi connectivity index (χ2n) is 4.13. The molecule has 0 saturated carbocycles. The SMILES string of the molecule is C[C@@H](NC(=O)CNC(=O)N(C)C)c1cccnc1. The molecule has 3 amide bonds. The lowest BCUT2D eigenvalue weighted by Gasteiger charge is -2.15. The van der Waals surface area contributed by atoms with Gasteiger partial charge < -0.3 is 15.5 Å². The first kappa shape index (κ1) is 14.0. The average molecular weight is 250 g/mol. The van der Waals surface area contributed by atoms with Crippen molar-refractivity contribution in [3.05, 3.63) is 30.1 Å². The number of urea groups is 1. The highest BCUT2D eigenvalue weighted by Gasteiger charge is 2.11. The summed E-state index contributed by atoms with van der Waals surface area (Å²) in [6, 6.07) is 3.27. The second-order valence-corrected chi connectivity index (χ2v) is 4.13. The first-order valence-corrected chi connectivity index (χ1v) is 5.65. The monoisotopic (exact) mass is 250 g/mol. The third-order valence-electron chi connectivity index (χ3n) is 2.37. The molecule has 0 spiro atoms. The van der Waals surface area contributed by atoms with Crippen LogP contribution in [-0.2, 0) is 4.79 Å². The van der Waals surface area contributed by atoms with Gasteiger partial charge in [-0.1, -0.05) is 6.07 Å². The van der Waals surface area contributed by atoms with Gasteiger partial charge in [-0.25, -0.2) is 4.79 Å². The van der Waals surface area contributed by atoms with Crippen molar-refractivity contribution in [2.24, 2.45) is 0 Å². The van der Waals surface area contributed by atoms with Crippen molar-refractivity contribution >= 4 is 11.9 Å². The standard InChI is InChI=1S/C12H18N4O2/c1-9(10-5-4-6-13-7-10)15-11(17)8-14-12(18)16(2)3/h4-7,9H,8H2,1-3H3,(H,14,18)(H,15,17)/t9-/m1/s1. The lowest BCUT2D eigenvalue weighted by atomic mass is 10.1. The lowest BCUT2D eigenvalue weighted by molar-refractivity contribution is -0.120. The lowest BCUT2D eigenvalue weighted by Crippen LogP contribution is -2.42. The zero-order valence-corrected chi connectivity index (χ0v) is 10.8. The number of hydrogen-bond acceptors (Lipinski definition) is 3. The molecular weight excluding hydrogens is 232 g/mol. The summed E-state index contributed by atoms with van der Waals surface area (Å²) in [7, 11) is 3.23. The number of hydrogen-bond donors (Lipinski definition) is 2. The topological polar surface area (TPSA) is 74.3 Å². The van der Waals surface area contributed by atoms with Gasteiger partial charge in [0.05, 0.1) is 12.6 Å². The summed E-state index contributed by atoms with van der Waals surface area (Å²) in [6.07, 6.45) is 3.37. The van der Waals surface area contributed by atoms with E-state index in [0.29, 0.717) is 0 Å². The predicted molar refractivity (Wildman–Crippen MR) is 67.9 cm³/mol. The molecule has 0 saturated heterocycles. The molecule has 0 aliphatic rings. The summed E-state index contributed by atoms with van der Waals surface area (Å²) < 4.78 is 0. The van der Waals surface area contributed by atoms with E-state index in [-0.39, 0.29) is 24.5 Å². The van der Waals surface area contributed by atoms with Crippen LogP contribution in [0.3, 0.4) is 0 Å². The minimum absolute atomic E-state index is 0.0401. The highest BCUT2D eigenvalue weighted by atomic mass is 16.2. The molecular formula is C12H18N4O2. The first-order chi connectivity index (χ1) is 8.50. The molecule has 1 aromatic heterocycles. The van der Waals surface area contributed by atoms with Crippen LogP contribution in [0.2, 0.25) is 0 Å². The third-order valence-corrected chi connectivity index (χ3v) is 2.37. The molecule has 18 heavy (non-hydrogen) atoms. The van der Waals surface area contributed by atoms with Crippen LogP contribution in [0.1, 0.15) is 18.5 Å². The van der Waals surface area contributed by atoms with Gasteiger partial charge in [0, 0.05) is 26.5 Å². The first-order valence-electron chi connectivity index (χ1n) is 5.65. The van der Waals surface area contributed by atoms with Crippen LogP contribution in [0, 0.1) is 0 Å². The van der Waals surface area contributed by atoms with Crippen LogP contribution in [0.15, 0.2) is 24.5 Å². The van der Waals surface area contributed by atoms with Gasteiger partial charge in [0.1, 0.15) is 0 Å². The quantitative estimate of drug-likeness (QED) is 0.818. The number of nitrogens with one attached hydrogen (secondary N) is 2. The van der Waals surface area contributed by atoms with E-state index in [0.717, 1.165) is 5.56 Å². The van der Waals surface area contributed by atoms with Crippen molar-refractivity contribution in [1.29, 1.82) is 0 Å². The molecule has 0 unspecified atom stereocenters. The fourth-order valence-electron chi connectivity index (χ4n) is 1.32. The van der Waals surface area contributed by atoms with Crippen LogP contribution in [0.5, 0.6) is 0 Å². The fraction of sp³-hybridized carbons (Fsp3) is 0.417. The minimum atomic E-state index is -0.292. The van der Waals surface area contributed by atoms with Gasteiger partial charge in [0.25, 0.3) is 0 Å². The summed E-state index contributed by atoms with van der Waals surface area (Å²) in [5.41, 5.74) is 0.921. The van der Waals surface area contributed by atoms with E-state index < -0.39 is 0 Å². The Morgan fingerprint density at radius 3 is 2.72 bits per heavy atom. The fourth-order valence-corrected chi connectivity index (χ4v) is 1.32. The molecule has 2 N–H and O–H groups in total. The van der Waals surface area contributed by atoms with E-state index in [2.05, 4.69) is 15.6 Å². The molecule has 0 bridgehead atoms. The molecule has 1 atom stereocenters. The molecule has 6 nitrogen and oxygen atoms in total. The largest absolute Gasteiger partial charge is 0.348 e. The molecule has 0 aliphatic carbocycles. The summed E-state index contributed by atoms with van der Waals surface area (Å²) >= 11 is 0. The summed E-state index contributed by atoms with van der Waals surface area (Å²) in [4.78, 5) is 28.2. The van der Waals surface area contributed by atoms with E-state index in [9.17, 15) is 9.59 Å². The van der Waals surface area contributed by atoms with Gasteiger partial charge in [0.2, 0.25) is 5.91 Å². The Kier molecular flexibility index (Phi) is 5.10. The number of carbonyl (C=O) groups excluding carboxylic acids is 2. The molecule has 1 rings (SSSR count). The Morgan fingerprint density at radius 2 is 2.17 bits per heavy atom. The van der Waals surface area contributed by atoms with Crippen LogP contribution >= 0.6 is 0 Å². The molecule has 0 fully saturated rings. The van der Waals surface area contributed by atoms with E-state index >= 15 is 0 Å². The average Bonchev–Trinajstić information content (AvgIpc) is 2.36. The van der Waals surface area contributed by atoms with Gasteiger partial charge >= 0.3 is 6.03 Å². The molecule has 6 heteroatoms. The molecule has 1 aromatic rings. The van der Waals surface area contributed by atoms with Gasteiger partial charge in [-0.15, -0.1) is 0 Å². The van der Waals surface area contributed by atoms with E-state index in [1.807, 2.05) is 19.1 Å². The van der Waals surface area contributed by atoms with E-state index in [4.69, 9.17) is 0 Å². The molecule has 98 valence electrons. The molecule has 0 aliphatic heterocycles. The summed E-state index contributed by atoms with van der Waals surface area (Å²) in [6.45, 7) is 1.82. The Morgan fingerprint density at radius 1 is 1.44 bits per heavy atom. The maximum Gasteiger partial charge on any atom is 0.317 e. The highest BCUT2D eigenvalue weighted by molar-refractivity contribution is 5.83. The van der Waals surface area contributed by atoms with Gasteiger partial charge in [-0.3, -0.25) is 9.78 Å². The van der Waals surface area contributed by atoms with Crippen LogP contribution in [-0.4, -0.2) is 42.5 Å². The molecule has 0 radical (unpaired) electrons. The van der Waals surface area contributed by atoms with Gasteiger partial charge in [-0.05, 0) is 18.6 Å². The van der Waals surface area contributed by atoms with Gasteiger partial charge in [-0.2, -0.15) is 0 Å². The number of nitrogens with zero attached hydrogens (tertiary/aromatic N) is 2. The Hall–Kier alpha value is -2.11. The Labute approximate surface area is 106 Å². The van der Waals surface area contributed by atoms with Crippen molar-refractivity contribution in [2.45, 2.75) is 13.0 Å². The van der Waals surface area contributed by atoms with E-state index in [1.54, 1.807) is 26.5 Å². The van der Waals surface area contributed by atoms with Crippen LogP contribution < -0.4 is 10.6 Å².